The van der Waals surface area contributed by atoms with Gasteiger partial charge in [-0.05, 0) is 39.1 Å². The summed E-state index contributed by atoms with van der Waals surface area (Å²) in [6.07, 6.45) is 0.627. The van der Waals surface area contributed by atoms with Crippen molar-refractivity contribution in [3.63, 3.8) is 0 Å². The van der Waals surface area contributed by atoms with Crippen molar-refractivity contribution in [2.24, 2.45) is 0 Å². The van der Waals surface area contributed by atoms with Gasteiger partial charge in [0, 0.05) is 6.54 Å². The second kappa shape index (κ2) is 6.61. The lowest BCUT2D eigenvalue weighted by molar-refractivity contribution is 0.587. The number of nitrogens with one attached hydrogen (secondary N) is 1. The molecule has 96 valence electrons. The lowest BCUT2D eigenvalue weighted by atomic mass is 10.3. The van der Waals surface area contributed by atoms with Gasteiger partial charge in [-0.25, -0.2) is 8.42 Å². The lowest BCUT2D eigenvalue weighted by Crippen LogP contribution is -2.33. The van der Waals surface area contributed by atoms with Gasteiger partial charge in [-0.3, -0.25) is 4.31 Å². The van der Waals surface area contributed by atoms with Crippen LogP contribution in [-0.2, 0) is 10.0 Å². The summed E-state index contributed by atoms with van der Waals surface area (Å²) in [7, 11) is -1.38. The summed E-state index contributed by atoms with van der Waals surface area (Å²) < 4.78 is 25.7. The van der Waals surface area contributed by atoms with Gasteiger partial charge in [-0.1, -0.05) is 18.2 Å². The van der Waals surface area contributed by atoms with E-state index in [1.165, 1.54) is 4.31 Å². The standard InChI is InChI=1S/C12H20N2O2S/c1-3-14(12-8-5-4-6-9-12)17(15,16)11-7-10-13-2/h4-6,8-9,13H,3,7,10-11H2,1-2H3. The highest BCUT2D eigenvalue weighted by Crippen LogP contribution is 2.17. The second-order valence-electron chi connectivity index (χ2n) is 3.77. The molecule has 0 unspecified atom stereocenters. The van der Waals surface area contributed by atoms with E-state index in [1.54, 1.807) is 0 Å². The van der Waals surface area contributed by atoms with Crippen LogP contribution in [0.15, 0.2) is 30.3 Å². The number of benzene rings is 1. The Labute approximate surface area is 104 Å². The first-order valence-electron chi connectivity index (χ1n) is 5.82. The van der Waals surface area contributed by atoms with Gasteiger partial charge < -0.3 is 5.32 Å². The summed E-state index contributed by atoms with van der Waals surface area (Å²) in [6, 6.07) is 9.21. The summed E-state index contributed by atoms with van der Waals surface area (Å²) in [4.78, 5) is 0. The van der Waals surface area contributed by atoms with E-state index in [1.807, 2.05) is 44.3 Å². The summed E-state index contributed by atoms with van der Waals surface area (Å²) in [5.74, 6) is 0.177. The molecule has 0 amide bonds. The molecule has 0 aliphatic heterocycles. The van der Waals surface area contributed by atoms with E-state index in [9.17, 15) is 8.42 Å². The van der Waals surface area contributed by atoms with Crippen LogP contribution >= 0.6 is 0 Å². The largest absolute Gasteiger partial charge is 0.320 e. The smallest absolute Gasteiger partial charge is 0.235 e. The number of para-hydroxylation sites is 1. The number of hydrogen-bond donors (Lipinski definition) is 1. The molecule has 1 rings (SSSR count). The Balaban J connectivity index is 2.80. The highest BCUT2D eigenvalue weighted by Gasteiger charge is 2.19. The first kappa shape index (κ1) is 14.0. The highest BCUT2D eigenvalue weighted by molar-refractivity contribution is 7.92. The zero-order valence-electron chi connectivity index (χ0n) is 10.4. The summed E-state index contributed by atoms with van der Waals surface area (Å²) in [6.45, 7) is 3.03. The van der Waals surface area contributed by atoms with E-state index in [0.29, 0.717) is 19.5 Å². The molecule has 0 aromatic heterocycles. The minimum Gasteiger partial charge on any atom is -0.320 e. The predicted molar refractivity (Wildman–Crippen MR) is 71.8 cm³/mol. The Morgan fingerprint density at radius 3 is 2.41 bits per heavy atom. The van der Waals surface area contributed by atoms with E-state index in [0.717, 1.165) is 5.69 Å². The maximum atomic E-state index is 12.1. The maximum Gasteiger partial charge on any atom is 0.235 e. The third-order valence-electron chi connectivity index (χ3n) is 2.50. The zero-order valence-corrected chi connectivity index (χ0v) is 11.2. The number of hydrogen-bond acceptors (Lipinski definition) is 3. The number of sulfonamides is 1. The normalized spacial score (nSPS) is 11.4. The van der Waals surface area contributed by atoms with Crippen LogP contribution < -0.4 is 9.62 Å². The monoisotopic (exact) mass is 256 g/mol. The van der Waals surface area contributed by atoms with Gasteiger partial charge in [0.2, 0.25) is 10.0 Å². The number of rotatable bonds is 7. The Hall–Kier alpha value is -1.07. The van der Waals surface area contributed by atoms with Crippen LogP contribution in [0, 0.1) is 0 Å². The Kier molecular flexibility index (Phi) is 5.44. The molecular formula is C12H20N2O2S. The molecule has 0 atom stereocenters. The van der Waals surface area contributed by atoms with E-state index in [2.05, 4.69) is 5.32 Å². The van der Waals surface area contributed by atoms with Gasteiger partial charge in [0.05, 0.1) is 11.4 Å². The molecule has 5 heteroatoms. The van der Waals surface area contributed by atoms with Crippen LogP contribution in [0.2, 0.25) is 0 Å². The molecule has 1 aromatic rings. The first-order valence-corrected chi connectivity index (χ1v) is 7.42. The average Bonchev–Trinajstić information content (AvgIpc) is 2.31. The van der Waals surface area contributed by atoms with Gasteiger partial charge in [0.15, 0.2) is 0 Å². The average molecular weight is 256 g/mol. The first-order chi connectivity index (χ1) is 8.11. The van der Waals surface area contributed by atoms with Crippen LogP contribution in [0.25, 0.3) is 0 Å². The van der Waals surface area contributed by atoms with Crippen LogP contribution in [0.4, 0.5) is 5.69 Å². The molecule has 0 heterocycles. The lowest BCUT2D eigenvalue weighted by Gasteiger charge is -2.22. The van der Waals surface area contributed by atoms with Crippen molar-refractivity contribution in [2.45, 2.75) is 13.3 Å². The maximum absolute atomic E-state index is 12.1. The SMILES string of the molecule is CCN(c1ccccc1)S(=O)(=O)CCCNC. The molecular weight excluding hydrogens is 236 g/mol. The van der Waals surface area contributed by atoms with Crippen molar-refractivity contribution in [2.75, 3.05) is 30.2 Å². The molecule has 0 saturated heterocycles. The second-order valence-corrected chi connectivity index (χ2v) is 5.79. The molecule has 0 aliphatic rings. The van der Waals surface area contributed by atoms with Gasteiger partial charge in [0.25, 0.3) is 0 Å². The summed E-state index contributed by atoms with van der Waals surface area (Å²) in [5, 5.41) is 2.95. The molecule has 0 fully saturated rings. The molecule has 17 heavy (non-hydrogen) atoms. The summed E-state index contributed by atoms with van der Waals surface area (Å²) in [5.41, 5.74) is 0.736. The molecule has 0 bridgehead atoms. The number of anilines is 1. The quantitative estimate of drug-likeness (QED) is 0.751. The van der Waals surface area contributed by atoms with E-state index in [-0.39, 0.29) is 5.75 Å². The number of nitrogens with zero attached hydrogens (tertiary/aromatic N) is 1. The topological polar surface area (TPSA) is 49.4 Å². The molecule has 4 nitrogen and oxygen atoms in total. The molecule has 1 aromatic carbocycles. The predicted octanol–water partition coefficient (Wildman–Crippen LogP) is 1.45. The fourth-order valence-corrected chi connectivity index (χ4v) is 3.24. The minimum absolute atomic E-state index is 0.177. The minimum atomic E-state index is -3.20. The van der Waals surface area contributed by atoms with Crippen molar-refractivity contribution in [3.05, 3.63) is 30.3 Å². The fraction of sp³-hybridized carbons (Fsp3) is 0.500. The van der Waals surface area contributed by atoms with E-state index < -0.39 is 10.0 Å². The van der Waals surface area contributed by atoms with Gasteiger partial charge in [-0.15, -0.1) is 0 Å². The summed E-state index contributed by atoms with van der Waals surface area (Å²) >= 11 is 0. The Morgan fingerprint density at radius 1 is 1.24 bits per heavy atom. The Morgan fingerprint density at radius 2 is 1.88 bits per heavy atom. The van der Waals surface area contributed by atoms with Crippen molar-refractivity contribution >= 4 is 15.7 Å². The fourth-order valence-electron chi connectivity index (χ4n) is 1.68. The van der Waals surface area contributed by atoms with Gasteiger partial charge in [0.1, 0.15) is 0 Å². The van der Waals surface area contributed by atoms with Crippen molar-refractivity contribution in [1.82, 2.24) is 5.32 Å². The van der Waals surface area contributed by atoms with Crippen molar-refractivity contribution in [3.8, 4) is 0 Å². The zero-order chi connectivity index (χ0) is 12.7. The molecule has 0 aliphatic carbocycles. The van der Waals surface area contributed by atoms with Crippen molar-refractivity contribution in [1.29, 1.82) is 0 Å². The van der Waals surface area contributed by atoms with Crippen LogP contribution in [0.1, 0.15) is 13.3 Å². The van der Waals surface area contributed by atoms with Crippen LogP contribution in [-0.4, -0.2) is 34.3 Å². The highest BCUT2D eigenvalue weighted by atomic mass is 32.2. The van der Waals surface area contributed by atoms with Crippen LogP contribution in [0.5, 0.6) is 0 Å². The molecule has 0 saturated carbocycles. The van der Waals surface area contributed by atoms with Crippen molar-refractivity contribution < 1.29 is 8.42 Å². The molecule has 0 spiro atoms. The molecule has 1 N–H and O–H groups in total. The molecule has 0 radical (unpaired) electrons. The van der Waals surface area contributed by atoms with Gasteiger partial charge in [-0.2, -0.15) is 0 Å². The van der Waals surface area contributed by atoms with E-state index >= 15 is 0 Å². The Bertz CT molecular complexity index is 417. The van der Waals surface area contributed by atoms with Gasteiger partial charge >= 0.3 is 0 Å². The third kappa shape index (κ3) is 4.02. The third-order valence-corrected chi connectivity index (χ3v) is 4.44. The van der Waals surface area contributed by atoms with E-state index in [4.69, 9.17) is 0 Å². The van der Waals surface area contributed by atoms with Crippen LogP contribution in [0.3, 0.4) is 0 Å².